The molecule has 2 fully saturated rings. The van der Waals surface area contributed by atoms with Crippen LogP contribution < -0.4 is 4.90 Å². The quantitative estimate of drug-likeness (QED) is 0.452. The first-order valence-corrected chi connectivity index (χ1v) is 13.6. The molecule has 4 aliphatic carbocycles. The van der Waals surface area contributed by atoms with Gasteiger partial charge in [-0.05, 0) is 100.0 Å². The number of halogens is 2. The van der Waals surface area contributed by atoms with Gasteiger partial charge in [0.1, 0.15) is 5.60 Å². The second-order valence-corrected chi connectivity index (χ2v) is 13.1. The van der Waals surface area contributed by atoms with Crippen LogP contribution in [0.2, 0.25) is 0 Å². The standard InChI is InChI=1S/C32H39F2NO2/c1-30(2,3)15-16-32(37)14-13-25-23-9-7-19-17-20(36)8-10-21(19)27(23)24(18-31(25,32)4)22-11-12-26(35(5)6)29(34)28(22)33/h11-12,17,23-25,37H,7-10,13-14,18H2,1-6H3/t23-,24+,25-,31-,32+/m0/s1. The molecule has 3 nitrogen and oxygen atoms in total. The highest BCUT2D eigenvalue weighted by Crippen LogP contribution is 2.66. The summed E-state index contributed by atoms with van der Waals surface area (Å²) in [6, 6.07) is 3.39. The van der Waals surface area contributed by atoms with Gasteiger partial charge in [-0.1, -0.05) is 30.4 Å². The number of anilines is 1. The molecule has 1 aromatic rings. The van der Waals surface area contributed by atoms with Crippen LogP contribution in [0.25, 0.3) is 0 Å². The summed E-state index contributed by atoms with van der Waals surface area (Å²) in [5, 5.41) is 12.1. The second-order valence-electron chi connectivity index (χ2n) is 13.1. The van der Waals surface area contributed by atoms with Gasteiger partial charge in [0.25, 0.3) is 0 Å². The van der Waals surface area contributed by atoms with Crippen molar-refractivity contribution >= 4 is 11.5 Å². The van der Waals surface area contributed by atoms with Crippen molar-refractivity contribution in [3.63, 3.8) is 0 Å². The summed E-state index contributed by atoms with van der Waals surface area (Å²) < 4.78 is 31.1. The third kappa shape index (κ3) is 4.16. The lowest BCUT2D eigenvalue weighted by Crippen LogP contribution is -2.51. The number of nitrogens with zero attached hydrogens (tertiary/aromatic N) is 1. The van der Waals surface area contributed by atoms with Crippen LogP contribution in [0.3, 0.4) is 0 Å². The lowest BCUT2D eigenvalue weighted by Gasteiger charge is -2.53. The number of hydrogen-bond acceptors (Lipinski definition) is 3. The zero-order valence-corrected chi connectivity index (χ0v) is 23.0. The van der Waals surface area contributed by atoms with Gasteiger partial charge in [0, 0.05) is 37.3 Å². The van der Waals surface area contributed by atoms with Crippen LogP contribution in [-0.4, -0.2) is 30.6 Å². The highest BCUT2D eigenvalue weighted by atomic mass is 19.2. The first kappa shape index (κ1) is 26.2. The molecule has 37 heavy (non-hydrogen) atoms. The van der Waals surface area contributed by atoms with Gasteiger partial charge in [0.15, 0.2) is 17.4 Å². The molecule has 5 heteroatoms. The van der Waals surface area contributed by atoms with E-state index in [-0.39, 0.29) is 34.6 Å². The molecule has 1 N–H and O–H groups in total. The van der Waals surface area contributed by atoms with Crippen LogP contribution in [-0.2, 0) is 4.79 Å². The molecule has 0 unspecified atom stereocenters. The molecular formula is C32H39F2NO2. The van der Waals surface area contributed by atoms with Crippen molar-refractivity contribution < 1.29 is 18.7 Å². The molecule has 0 amide bonds. The number of benzene rings is 1. The van der Waals surface area contributed by atoms with Crippen molar-refractivity contribution in [3.8, 4) is 11.8 Å². The smallest absolute Gasteiger partial charge is 0.182 e. The minimum Gasteiger partial charge on any atom is -0.377 e. The second kappa shape index (κ2) is 8.80. The van der Waals surface area contributed by atoms with Gasteiger partial charge < -0.3 is 10.0 Å². The van der Waals surface area contributed by atoms with Crippen LogP contribution in [0.1, 0.15) is 84.1 Å². The normalized spacial score (nSPS) is 33.2. The highest BCUT2D eigenvalue weighted by molar-refractivity contribution is 5.93. The third-order valence-corrected chi connectivity index (χ3v) is 9.48. The fourth-order valence-electron chi connectivity index (χ4n) is 7.61. The van der Waals surface area contributed by atoms with Gasteiger partial charge in [0.05, 0.1) is 5.69 Å². The summed E-state index contributed by atoms with van der Waals surface area (Å²) in [4.78, 5) is 13.8. The molecule has 0 aliphatic heterocycles. The first-order valence-electron chi connectivity index (χ1n) is 13.6. The summed E-state index contributed by atoms with van der Waals surface area (Å²) in [5.74, 6) is 5.05. The molecule has 0 aromatic heterocycles. The molecular weight excluding hydrogens is 468 g/mol. The van der Waals surface area contributed by atoms with E-state index in [9.17, 15) is 9.90 Å². The van der Waals surface area contributed by atoms with E-state index >= 15 is 8.78 Å². The summed E-state index contributed by atoms with van der Waals surface area (Å²) in [6.45, 7) is 8.23. The highest BCUT2D eigenvalue weighted by Gasteiger charge is 2.63. The zero-order valence-electron chi connectivity index (χ0n) is 23.0. The molecule has 0 bridgehead atoms. The van der Waals surface area contributed by atoms with Crippen molar-refractivity contribution in [1.29, 1.82) is 0 Å². The molecule has 4 aliphatic rings. The molecule has 0 saturated heterocycles. The number of rotatable bonds is 2. The monoisotopic (exact) mass is 507 g/mol. The van der Waals surface area contributed by atoms with Gasteiger partial charge in [-0.2, -0.15) is 0 Å². The summed E-state index contributed by atoms with van der Waals surface area (Å²) >= 11 is 0. The van der Waals surface area contributed by atoms with E-state index in [1.165, 1.54) is 11.1 Å². The van der Waals surface area contributed by atoms with Crippen molar-refractivity contribution in [2.75, 3.05) is 19.0 Å². The van der Waals surface area contributed by atoms with Crippen LogP contribution in [0.5, 0.6) is 0 Å². The molecule has 5 atom stereocenters. The number of carbonyl (C=O) groups is 1. The van der Waals surface area contributed by atoms with E-state index in [4.69, 9.17) is 0 Å². The zero-order chi connectivity index (χ0) is 26.9. The van der Waals surface area contributed by atoms with E-state index in [1.54, 1.807) is 37.2 Å². The minimum atomic E-state index is -1.18. The SMILES string of the molecule is CN(C)c1ccc([C@H]2C[C@@]3(C)[C@@H](CC[C@@]3(O)C#CC(C)(C)C)[C@@H]3CCC4=CC(=O)CCC4=C32)c(F)c1F. The number of aliphatic hydroxyl groups is 1. The number of allylic oxidation sites excluding steroid dienone is 4. The lowest BCUT2D eigenvalue weighted by atomic mass is 9.51. The Morgan fingerprint density at radius 3 is 2.49 bits per heavy atom. The van der Waals surface area contributed by atoms with E-state index in [2.05, 4.69) is 18.8 Å². The largest absolute Gasteiger partial charge is 0.377 e. The average Bonchev–Trinajstić information content (AvgIpc) is 3.08. The van der Waals surface area contributed by atoms with E-state index in [0.29, 0.717) is 31.2 Å². The average molecular weight is 508 g/mol. The summed E-state index contributed by atoms with van der Waals surface area (Å²) in [7, 11) is 3.41. The van der Waals surface area contributed by atoms with E-state index in [0.717, 1.165) is 24.8 Å². The van der Waals surface area contributed by atoms with Crippen molar-refractivity contribution in [3.05, 3.63) is 52.1 Å². The Bertz CT molecular complexity index is 1270. The Morgan fingerprint density at radius 1 is 1.08 bits per heavy atom. The maximum absolute atomic E-state index is 15.8. The van der Waals surface area contributed by atoms with Crippen LogP contribution >= 0.6 is 0 Å². The Labute approximate surface area is 220 Å². The topological polar surface area (TPSA) is 40.5 Å². The fourth-order valence-corrected chi connectivity index (χ4v) is 7.61. The summed E-state index contributed by atoms with van der Waals surface area (Å²) in [5.41, 5.74) is 2.01. The maximum atomic E-state index is 15.8. The minimum absolute atomic E-state index is 0.148. The van der Waals surface area contributed by atoms with Crippen LogP contribution in [0, 0.1) is 46.1 Å². The number of fused-ring (bicyclic) bond motifs is 4. The van der Waals surface area contributed by atoms with Crippen LogP contribution in [0.4, 0.5) is 14.5 Å². The van der Waals surface area contributed by atoms with E-state index in [1.807, 2.05) is 20.8 Å². The molecule has 198 valence electrons. The van der Waals surface area contributed by atoms with Gasteiger partial charge in [-0.3, -0.25) is 4.79 Å². The predicted octanol–water partition coefficient (Wildman–Crippen LogP) is 6.71. The Hall–Kier alpha value is -2.45. The molecule has 0 radical (unpaired) electrons. The predicted molar refractivity (Wildman–Crippen MR) is 143 cm³/mol. The number of carbonyl (C=O) groups excluding carboxylic acids is 1. The molecule has 0 heterocycles. The first-order chi connectivity index (χ1) is 17.3. The third-order valence-electron chi connectivity index (χ3n) is 9.48. The number of ketones is 1. The van der Waals surface area contributed by atoms with Gasteiger partial charge in [-0.15, -0.1) is 0 Å². The molecule has 1 aromatic carbocycles. The number of hydrogen-bond donors (Lipinski definition) is 1. The van der Waals surface area contributed by atoms with Gasteiger partial charge >= 0.3 is 0 Å². The van der Waals surface area contributed by atoms with Crippen LogP contribution in [0.15, 0.2) is 34.9 Å². The van der Waals surface area contributed by atoms with Gasteiger partial charge in [0.2, 0.25) is 0 Å². The maximum Gasteiger partial charge on any atom is 0.182 e. The fraction of sp³-hybridized carbons (Fsp3) is 0.594. The van der Waals surface area contributed by atoms with Crippen molar-refractivity contribution in [2.45, 2.75) is 84.2 Å². The molecule has 5 rings (SSSR count). The molecule has 2 saturated carbocycles. The molecule has 0 spiro atoms. The van der Waals surface area contributed by atoms with Gasteiger partial charge in [-0.25, -0.2) is 8.78 Å². The Morgan fingerprint density at radius 2 is 1.81 bits per heavy atom. The Kier molecular flexibility index (Phi) is 6.23. The van der Waals surface area contributed by atoms with Crippen molar-refractivity contribution in [1.82, 2.24) is 0 Å². The lowest BCUT2D eigenvalue weighted by molar-refractivity contribution is -0.114. The van der Waals surface area contributed by atoms with E-state index < -0.39 is 22.7 Å². The van der Waals surface area contributed by atoms with Crippen molar-refractivity contribution in [2.24, 2.45) is 22.7 Å². The summed E-state index contributed by atoms with van der Waals surface area (Å²) in [6.07, 6.45) is 6.51. The Balaban J connectivity index is 1.71.